The Balaban J connectivity index is 2.06. The molecule has 5 heteroatoms. The van der Waals surface area contributed by atoms with Crippen molar-refractivity contribution < 1.29 is 4.74 Å². The number of anilines is 1. The summed E-state index contributed by atoms with van der Waals surface area (Å²) >= 11 is 0. The first-order chi connectivity index (χ1) is 13.3. The van der Waals surface area contributed by atoms with Gasteiger partial charge in [0.1, 0.15) is 8.07 Å². The van der Waals surface area contributed by atoms with Crippen LogP contribution in [0.4, 0.5) is 5.69 Å². The van der Waals surface area contributed by atoms with Crippen LogP contribution in [0.25, 0.3) is 10.9 Å². The zero-order valence-electron chi connectivity index (χ0n) is 18.2. The summed E-state index contributed by atoms with van der Waals surface area (Å²) in [4.78, 5) is 0. The van der Waals surface area contributed by atoms with Crippen LogP contribution in [0.1, 0.15) is 72.6 Å². The summed E-state index contributed by atoms with van der Waals surface area (Å²) in [6.07, 6.45) is 5.22. The van der Waals surface area contributed by atoms with Gasteiger partial charge in [0.05, 0.1) is 11.7 Å². The van der Waals surface area contributed by atoms with Gasteiger partial charge in [0.15, 0.2) is 6.23 Å². The molecule has 2 N–H and O–H groups in total. The van der Waals surface area contributed by atoms with E-state index in [0.717, 1.165) is 41.6 Å². The summed E-state index contributed by atoms with van der Waals surface area (Å²) in [5.41, 5.74) is 14.7. The van der Waals surface area contributed by atoms with E-state index in [1.54, 1.807) is 0 Å². The molecule has 1 aliphatic rings. The lowest BCUT2D eigenvalue weighted by Crippen LogP contribution is -2.43. The normalized spacial score (nSPS) is 18.1. The number of nitrogens with two attached hydrogens (primary N) is 1. The van der Waals surface area contributed by atoms with Gasteiger partial charge in [-0.2, -0.15) is 5.10 Å². The predicted octanol–water partition coefficient (Wildman–Crippen LogP) is 5.89. The number of nitrogen functional groups attached to an aromatic ring is 1. The van der Waals surface area contributed by atoms with Crippen molar-refractivity contribution in [3.8, 4) is 11.5 Å². The number of hydrogen-bond acceptors (Lipinski definition) is 3. The first-order valence-electron chi connectivity index (χ1n) is 10.7. The molecule has 1 saturated heterocycles. The number of rotatable bonds is 4. The Morgan fingerprint density at radius 3 is 2.36 bits per heavy atom. The molecule has 1 atom stereocenters. The third-order valence-corrected chi connectivity index (χ3v) is 12.8. The summed E-state index contributed by atoms with van der Waals surface area (Å²) in [5.74, 6) is 3.51. The Morgan fingerprint density at radius 2 is 1.79 bits per heavy atom. The molecule has 1 aromatic carbocycles. The zero-order chi connectivity index (χ0) is 20.5. The molecule has 1 unspecified atom stereocenters. The Labute approximate surface area is 170 Å². The van der Waals surface area contributed by atoms with Crippen molar-refractivity contribution in [2.75, 3.05) is 12.3 Å². The highest BCUT2D eigenvalue weighted by atomic mass is 28.3. The minimum Gasteiger partial charge on any atom is -0.398 e. The molecule has 2 aromatic rings. The molecule has 1 aromatic heterocycles. The topological polar surface area (TPSA) is 53.1 Å². The third kappa shape index (κ3) is 3.73. The lowest BCUT2D eigenvalue weighted by molar-refractivity contribution is -0.0366. The minimum atomic E-state index is -1.79. The van der Waals surface area contributed by atoms with Gasteiger partial charge in [0, 0.05) is 23.2 Å². The van der Waals surface area contributed by atoms with Gasteiger partial charge in [0.2, 0.25) is 0 Å². The highest BCUT2D eigenvalue weighted by Gasteiger charge is 2.41. The van der Waals surface area contributed by atoms with Gasteiger partial charge >= 0.3 is 0 Å². The predicted molar refractivity (Wildman–Crippen MR) is 121 cm³/mol. The largest absolute Gasteiger partial charge is 0.398 e. The average Bonchev–Trinajstić information content (AvgIpc) is 3.04. The minimum absolute atomic E-state index is 0.0196. The molecule has 1 fully saturated rings. The van der Waals surface area contributed by atoms with Crippen LogP contribution < -0.4 is 5.73 Å². The maximum atomic E-state index is 6.38. The second kappa shape index (κ2) is 8.30. The smallest absolute Gasteiger partial charge is 0.150 e. The quantitative estimate of drug-likeness (QED) is 0.398. The number of nitrogens with zero attached hydrogens (tertiary/aromatic N) is 2. The lowest BCUT2D eigenvalue weighted by Gasteiger charge is -2.38. The number of fused-ring (bicyclic) bond motifs is 1. The highest BCUT2D eigenvalue weighted by molar-refractivity contribution is 6.90. The number of benzene rings is 1. The molecule has 0 spiro atoms. The van der Waals surface area contributed by atoms with Crippen molar-refractivity contribution in [1.82, 2.24) is 9.78 Å². The Bertz CT molecular complexity index is 861. The summed E-state index contributed by atoms with van der Waals surface area (Å²) in [5, 5.41) is 5.64. The number of ether oxygens (including phenoxy) is 1. The SMILES string of the molecule is CC(C)[Si](C#Cc1cc2c(cnn2C2CCCCO2)cc1N)(C(C)C)C(C)C. The monoisotopic (exact) mass is 397 g/mol. The van der Waals surface area contributed by atoms with Crippen molar-refractivity contribution in [2.45, 2.75) is 83.7 Å². The molecule has 0 aliphatic carbocycles. The van der Waals surface area contributed by atoms with Crippen LogP contribution >= 0.6 is 0 Å². The Morgan fingerprint density at radius 1 is 1.11 bits per heavy atom. The van der Waals surface area contributed by atoms with Crippen molar-refractivity contribution in [3.63, 3.8) is 0 Å². The van der Waals surface area contributed by atoms with Crippen molar-refractivity contribution in [3.05, 3.63) is 23.9 Å². The molecular formula is C23H35N3OSi. The van der Waals surface area contributed by atoms with E-state index in [1.807, 2.05) is 16.9 Å². The maximum absolute atomic E-state index is 6.38. The van der Waals surface area contributed by atoms with E-state index >= 15 is 0 Å². The second-order valence-corrected chi connectivity index (χ2v) is 14.6. The van der Waals surface area contributed by atoms with E-state index in [-0.39, 0.29) is 6.23 Å². The van der Waals surface area contributed by atoms with Crippen LogP contribution in [0.3, 0.4) is 0 Å². The maximum Gasteiger partial charge on any atom is 0.150 e. The van der Waals surface area contributed by atoms with Crippen LogP contribution in [0, 0.1) is 11.5 Å². The lowest BCUT2D eigenvalue weighted by atomic mass is 10.1. The fourth-order valence-electron chi connectivity index (χ4n) is 4.97. The Hall–Kier alpha value is -1.77. The van der Waals surface area contributed by atoms with Gasteiger partial charge in [-0.3, -0.25) is 0 Å². The Kier molecular flexibility index (Phi) is 6.21. The van der Waals surface area contributed by atoms with E-state index in [9.17, 15) is 0 Å². The van der Waals surface area contributed by atoms with Crippen molar-refractivity contribution >= 4 is 24.7 Å². The van der Waals surface area contributed by atoms with Gasteiger partial charge in [-0.1, -0.05) is 47.5 Å². The third-order valence-electron chi connectivity index (χ3n) is 6.48. The number of hydrogen-bond donors (Lipinski definition) is 1. The van der Waals surface area contributed by atoms with E-state index in [0.29, 0.717) is 16.6 Å². The molecule has 0 saturated carbocycles. The summed E-state index contributed by atoms with van der Waals surface area (Å²) < 4.78 is 7.96. The van der Waals surface area contributed by atoms with Crippen molar-refractivity contribution in [1.29, 1.82) is 0 Å². The summed E-state index contributed by atoms with van der Waals surface area (Å²) in [6.45, 7) is 14.8. The standard InChI is InChI=1S/C23H35N3OSi/c1-16(2)28(17(3)4,18(5)6)12-10-19-14-22-20(13-21(19)24)15-25-26(22)23-9-7-8-11-27-23/h13-18,23H,7-9,11,24H2,1-6H3. The van der Waals surface area contributed by atoms with Crippen LogP contribution in [0.15, 0.2) is 18.3 Å². The van der Waals surface area contributed by atoms with E-state index in [1.165, 1.54) is 6.42 Å². The molecule has 4 nitrogen and oxygen atoms in total. The first-order valence-corrected chi connectivity index (χ1v) is 12.9. The van der Waals surface area contributed by atoms with Gasteiger partial charge in [0.25, 0.3) is 0 Å². The molecule has 2 heterocycles. The van der Waals surface area contributed by atoms with Gasteiger partial charge < -0.3 is 10.5 Å². The molecule has 1 aliphatic heterocycles. The fourth-order valence-corrected chi connectivity index (χ4v) is 10.2. The highest BCUT2D eigenvalue weighted by Crippen LogP contribution is 2.41. The fraction of sp³-hybridized carbons (Fsp3) is 0.609. The first kappa shape index (κ1) is 20.9. The van der Waals surface area contributed by atoms with E-state index in [4.69, 9.17) is 10.5 Å². The molecule has 0 radical (unpaired) electrons. The average molecular weight is 398 g/mol. The summed E-state index contributed by atoms with van der Waals surface area (Å²) in [7, 11) is -1.79. The molecule has 0 bridgehead atoms. The molecule has 3 rings (SSSR count). The molecule has 28 heavy (non-hydrogen) atoms. The van der Waals surface area contributed by atoms with Crippen LogP contribution in [0.5, 0.6) is 0 Å². The van der Waals surface area contributed by atoms with Crippen LogP contribution in [-0.2, 0) is 4.74 Å². The van der Waals surface area contributed by atoms with Crippen LogP contribution in [-0.4, -0.2) is 24.5 Å². The zero-order valence-corrected chi connectivity index (χ0v) is 19.2. The van der Waals surface area contributed by atoms with Gasteiger partial charge in [-0.15, -0.1) is 5.54 Å². The second-order valence-electron chi connectivity index (χ2n) is 9.06. The van der Waals surface area contributed by atoms with E-state index in [2.05, 4.69) is 64.2 Å². The molecule has 152 valence electrons. The van der Waals surface area contributed by atoms with Gasteiger partial charge in [-0.25, -0.2) is 4.68 Å². The van der Waals surface area contributed by atoms with E-state index < -0.39 is 8.07 Å². The summed E-state index contributed by atoms with van der Waals surface area (Å²) in [6, 6.07) is 4.12. The van der Waals surface area contributed by atoms with Crippen molar-refractivity contribution in [2.24, 2.45) is 0 Å². The van der Waals surface area contributed by atoms with Gasteiger partial charge in [-0.05, 0) is 48.0 Å². The molecular weight excluding hydrogens is 362 g/mol. The number of aromatic nitrogens is 2. The van der Waals surface area contributed by atoms with Crippen LogP contribution in [0.2, 0.25) is 16.6 Å². The molecule has 0 amide bonds.